The number of carbonyl (C=O) groups is 2. The Bertz CT molecular complexity index is 1330. The van der Waals surface area contributed by atoms with Crippen LogP contribution < -0.4 is 10.6 Å². The zero-order chi connectivity index (χ0) is 31.1. The molecule has 41 heavy (non-hydrogen) atoms. The minimum absolute atomic E-state index is 0.0373. The molecule has 0 saturated heterocycles. The van der Waals surface area contributed by atoms with Gasteiger partial charge in [0.15, 0.2) is 6.29 Å². The Kier molecular flexibility index (Phi) is 14.2. The molecule has 3 aromatic rings. The molecule has 2 N–H and O–H groups in total. The molecule has 3 rings (SSSR count). The van der Waals surface area contributed by atoms with E-state index in [0.717, 1.165) is 5.69 Å². The minimum atomic E-state index is -4.34. The number of aromatic nitrogens is 1. The summed E-state index contributed by atoms with van der Waals surface area (Å²) in [5.41, 5.74) is 2.69. The van der Waals surface area contributed by atoms with Crippen LogP contribution in [0.4, 0.5) is 24.5 Å². The van der Waals surface area contributed by atoms with Gasteiger partial charge in [-0.3, -0.25) is 9.59 Å². The summed E-state index contributed by atoms with van der Waals surface area (Å²) in [7, 11) is 1.91. The van der Waals surface area contributed by atoms with Crippen molar-refractivity contribution in [2.45, 2.75) is 59.7 Å². The summed E-state index contributed by atoms with van der Waals surface area (Å²) in [5, 5.41) is 6.54. The Balaban J connectivity index is 0.000000711. The maximum Gasteiger partial charge on any atom is 0.392 e. The van der Waals surface area contributed by atoms with E-state index in [2.05, 4.69) is 23.5 Å². The van der Waals surface area contributed by atoms with E-state index in [1.807, 2.05) is 58.2 Å². The first-order valence-corrected chi connectivity index (χ1v) is 13.2. The Hall–Kier alpha value is -4.25. The van der Waals surface area contributed by atoms with Crippen molar-refractivity contribution in [3.63, 3.8) is 0 Å². The van der Waals surface area contributed by atoms with Crippen molar-refractivity contribution in [2.75, 3.05) is 17.7 Å². The van der Waals surface area contributed by atoms with Gasteiger partial charge in [-0.1, -0.05) is 57.2 Å². The van der Waals surface area contributed by atoms with Crippen molar-refractivity contribution >= 4 is 34.5 Å². The van der Waals surface area contributed by atoms with Crippen LogP contribution >= 0.6 is 0 Å². The van der Waals surface area contributed by atoms with Crippen LogP contribution in [0.15, 0.2) is 78.4 Å². The number of aldehydes is 1. The highest BCUT2D eigenvalue weighted by Gasteiger charge is 2.29. The first kappa shape index (κ1) is 34.8. The number of anilines is 2. The second-order valence-electron chi connectivity index (χ2n) is 10.4. The number of hydrogen-bond donors (Lipinski definition) is 2. The van der Waals surface area contributed by atoms with Crippen LogP contribution in [-0.4, -0.2) is 30.0 Å². The molecular formula is C33H40F3N3O2. The van der Waals surface area contributed by atoms with Crippen LogP contribution in [0, 0.1) is 18.3 Å². The molecule has 1 amide bonds. The van der Waals surface area contributed by atoms with Gasteiger partial charge in [0.2, 0.25) is 5.91 Å². The zero-order valence-electron chi connectivity index (χ0n) is 24.4. The van der Waals surface area contributed by atoms with Gasteiger partial charge in [0.25, 0.3) is 0 Å². The van der Waals surface area contributed by atoms with E-state index in [1.54, 1.807) is 54.0 Å². The van der Waals surface area contributed by atoms with Crippen molar-refractivity contribution in [3.8, 4) is 12.8 Å². The fourth-order valence-corrected chi connectivity index (χ4v) is 3.96. The van der Waals surface area contributed by atoms with E-state index in [-0.39, 0.29) is 29.1 Å². The predicted molar refractivity (Wildman–Crippen MR) is 164 cm³/mol. The number of nitrogens with one attached hydrogen (secondary N) is 2. The summed E-state index contributed by atoms with van der Waals surface area (Å²) in [6.45, 7) is 7.67. The van der Waals surface area contributed by atoms with Gasteiger partial charge < -0.3 is 15.2 Å². The van der Waals surface area contributed by atoms with Crippen LogP contribution in [0.2, 0.25) is 0 Å². The summed E-state index contributed by atoms with van der Waals surface area (Å²) < 4.78 is 40.7. The van der Waals surface area contributed by atoms with Gasteiger partial charge in [0.05, 0.1) is 12.1 Å². The molecule has 0 spiro atoms. The quantitative estimate of drug-likeness (QED) is 0.155. The van der Waals surface area contributed by atoms with Crippen LogP contribution in [0.25, 0.3) is 10.9 Å². The first-order chi connectivity index (χ1) is 19.3. The van der Waals surface area contributed by atoms with Crippen LogP contribution in [0.5, 0.6) is 0 Å². The fraction of sp³-hybridized carbons (Fsp3) is 0.333. The summed E-state index contributed by atoms with van der Waals surface area (Å²) in [6, 6.07) is 16.8. The Morgan fingerprint density at radius 1 is 0.976 bits per heavy atom. The fourth-order valence-electron chi connectivity index (χ4n) is 3.96. The molecule has 1 aromatic heterocycles. The Morgan fingerprint density at radius 2 is 1.63 bits per heavy atom. The van der Waals surface area contributed by atoms with Crippen molar-refractivity contribution in [1.82, 2.24) is 4.57 Å². The molecule has 220 valence electrons. The van der Waals surface area contributed by atoms with E-state index in [0.29, 0.717) is 35.7 Å². The lowest BCUT2D eigenvalue weighted by molar-refractivity contribution is -0.127. The number of nitrogens with zero attached hydrogens (tertiary/aromatic N) is 1. The average molecular weight is 568 g/mol. The first-order valence-electron chi connectivity index (χ1n) is 13.2. The summed E-state index contributed by atoms with van der Waals surface area (Å²) in [6.07, 6.45) is 9.10. The largest absolute Gasteiger partial charge is 0.392 e. The number of hydrogen-bond acceptors (Lipinski definition) is 3. The Labute approximate surface area is 241 Å². The predicted octanol–water partition coefficient (Wildman–Crippen LogP) is 8.65. The maximum absolute atomic E-state index is 13.1. The van der Waals surface area contributed by atoms with Crippen molar-refractivity contribution < 1.29 is 22.8 Å². The number of allylic oxidation sites excluding steroid dienone is 4. The molecule has 0 unspecified atom stereocenters. The number of benzene rings is 2. The van der Waals surface area contributed by atoms with Gasteiger partial charge in [-0.15, -0.1) is 12.8 Å². The zero-order valence-corrected chi connectivity index (χ0v) is 24.4. The van der Waals surface area contributed by atoms with Gasteiger partial charge in [-0.05, 0) is 60.7 Å². The van der Waals surface area contributed by atoms with E-state index in [9.17, 15) is 22.8 Å². The molecule has 0 fully saturated rings. The SMILES string of the molecule is C#C.C/C=C\C/C=C(/Cn1c(C=O)cc2cc(NC(=O)CC(C)(C)C)ccc21)CC(F)(F)F.CNc1ccccc1. The van der Waals surface area contributed by atoms with Crippen LogP contribution in [0.3, 0.4) is 0 Å². The molecule has 0 saturated carbocycles. The number of rotatable bonds is 9. The molecule has 0 atom stereocenters. The van der Waals surface area contributed by atoms with Gasteiger partial charge in [-0.2, -0.15) is 13.2 Å². The smallest absolute Gasteiger partial charge is 0.388 e. The highest BCUT2D eigenvalue weighted by atomic mass is 19.4. The normalized spacial score (nSPS) is 11.7. The highest BCUT2D eigenvalue weighted by molar-refractivity contribution is 5.96. The standard InChI is InChI=1S/C24H29F3N2O2.C7H9N.C2H2/c1-5-6-7-8-17(13-24(25,26)27)15-29-20(16-30)12-18-11-19(9-10-21(18)29)28-22(31)14-23(2,3)4;1-8-7-5-3-2-4-6-7;1-2/h5-6,8-12,16H,7,13-15H2,1-4H3,(H,28,31);2-6,8H,1H3;1-2H/b6-5-,17-8+;;. The van der Waals surface area contributed by atoms with E-state index < -0.39 is 12.6 Å². The van der Waals surface area contributed by atoms with E-state index in [1.165, 1.54) is 0 Å². The molecular weight excluding hydrogens is 527 g/mol. The molecule has 5 nitrogen and oxygen atoms in total. The second-order valence-corrected chi connectivity index (χ2v) is 10.4. The highest BCUT2D eigenvalue weighted by Crippen LogP contribution is 2.29. The molecule has 0 bridgehead atoms. The number of amides is 1. The third kappa shape index (κ3) is 13.1. The lowest BCUT2D eigenvalue weighted by atomic mass is 9.92. The third-order valence-electron chi connectivity index (χ3n) is 5.66. The second kappa shape index (κ2) is 16.8. The number of carbonyl (C=O) groups excluding carboxylic acids is 2. The number of terminal acetylenes is 1. The number of alkyl halides is 3. The summed E-state index contributed by atoms with van der Waals surface area (Å²) >= 11 is 0. The van der Waals surface area contributed by atoms with Crippen molar-refractivity contribution in [2.24, 2.45) is 5.41 Å². The lowest BCUT2D eigenvalue weighted by Gasteiger charge is -2.17. The topological polar surface area (TPSA) is 63.1 Å². The average Bonchev–Trinajstić information content (AvgIpc) is 3.25. The molecule has 0 aliphatic heterocycles. The van der Waals surface area contributed by atoms with Gasteiger partial charge >= 0.3 is 6.18 Å². The van der Waals surface area contributed by atoms with E-state index >= 15 is 0 Å². The monoisotopic (exact) mass is 567 g/mol. The molecule has 0 aliphatic carbocycles. The lowest BCUT2D eigenvalue weighted by Crippen LogP contribution is -2.19. The van der Waals surface area contributed by atoms with E-state index in [4.69, 9.17) is 0 Å². The van der Waals surface area contributed by atoms with Gasteiger partial charge in [0, 0.05) is 42.3 Å². The minimum Gasteiger partial charge on any atom is -0.388 e. The molecule has 1 heterocycles. The van der Waals surface area contributed by atoms with Crippen molar-refractivity contribution in [3.05, 3.63) is 84.1 Å². The molecule has 2 aromatic carbocycles. The summed E-state index contributed by atoms with van der Waals surface area (Å²) in [4.78, 5) is 23.8. The third-order valence-corrected chi connectivity index (χ3v) is 5.66. The maximum atomic E-state index is 13.1. The molecule has 8 heteroatoms. The van der Waals surface area contributed by atoms with Crippen LogP contribution in [0.1, 0.15) is 57.4 Å². The summed E-state index contributed by atoms with van der Waals surface area (Å²) in [5.74, 6) is -0.124. The van der Waals surface area contributed by atoms with Crippen LogP contribution in [-0.2, 0) is 11.3 Å². The molecule has 0 radical (unpaired) electrons. The van der Waals surface area contributed by atoms with Gasteiger partial charge in [-0.25, -0.2) is 0 Å². The molecule has 0 aliphatic rings. The Morgan fingerprint density at radius 3 is 2.15 bits per heavy atom. The van der Waals surface area contributed by atoms with Gasteiger partial charge in [0.1, 0.15) is 0 Å². The van der Waals surface area contributed by atoms with Crippen molar-refractivity contribution in [1.29, 1.82) is 0 Å². The number of fused-ring (bicyclic) bond motifs is 1. The number of halogens is 3. The number of para-hydroxylation sites is 1.